The van der Waals surface area contributed by atoms with E-state index in [1.165, 1.54) is 21.8 Å². The van der Waals surface area contributed by atoms with Crippen LogP contribution in [0.25, 0.3) is 22.2 Å². The van der Waals surface area contributed by atoms with E-state index >= 15 is 0 Å². The normalized spacial score (nSPS) is 15.1. The van der Waals surface area contributed by atoms with Gasteiger partial charge in [-0.1, -0.05) is 23.8 Å². The van der Waals surface area contributed by atoms with Crippen molar-refractivity contribution in [3.63, 3.8) is 0 Å². The zero-order chi connectivity index (χ0) is 18.7. The third-order valence-corrected chi connectivity index (χ3v) is 4.97. The van der Waals surface area contributed by atoms with E-state index in [9.17, 15) is 8.78 Å². The Labute approximate surface area is 153 Å². The Bertz CT molecular complexity index is 1210. The Morgan fingerprint density at radius 1 is 0.964 bits per heavy atom. The summed E-state index contributed by atoms with van der Waals surface area (Å²) in [5.74, 6) is 11.0. The fraction of sp³-hybridized carbons (Fsp3) is 0.0500. The van der Waals surface area contributed by atoms with Crippen LogP contribution in [-0.4, -0.2) is 9.66 Å². The molecule has 0 saturated carbocycles. The SMILES string of the molecule is NN1c2ccccc2-c2ccnc3c2c(cn3N)C1c1ccc(F)[c-]c1F.[Fm]. The molecule has 5 nitrogen and oxygen atoms in total. The summed E-state index contributed by atoms with van der Waals surface area (Å²) in [5.41, 5.74) is 3.96. The number of hydrazine groups is 1. The van der Waals surface area contributed by atoms with Crippen LogP contribution in [0.4, 0.5) is 14.5 Å². The second kappa shape index (κ2) is 5.78. The summed E-state index contributed by atoms with van der Waals surface area (Å²) in [4.78, 5) is 4.37. The van der Waals surface area contributed by atoms with E-state index < -0.39 is 17.7 Å². The first-order valence-electron chi connectivity index (χ1n) is 8.32. The first kappa shape index (κ1) is 17.0. The average molecular weight is 619 g/mol. The van der Waals surface area contributed by atoms with Gasteiger partial charge in [-0.05, 0) is 23.3 Å². The summed E-state index contributed by atoms with van der Waals surface area (Å²) < 4.78 is 29.5. The van der Waals surface area contributed by atoms with Gasteiger partial charge in [-0.2, -0.15) is 6.07 Å². The molecule has 1 unspecified atom stereocenters. The molecule has 0 bridgehead atoms. The van der Waals surface area contributed by atoms with Crippen molar-refractivity contribution in [2.75, 3.05) is 10.9 Å². The van der Waals surface area contributed by atoms with Gasteiger partial charge in [0, 0.05) is 35.0 Å². The van der Waals surface area contributed by atoms with E-state index in [-0.39, 0.29) is 5.56 Å². The molecule has 0 radical (unpaired) electrons. The van der Waals surface area contributed by atoms with E-state index in [4.69, 9.17) is 11.7 Å². The number of nitrogen functional groups attached to an aromatic ring is 1. The first-order chi connectivity index (χ1) is 13.1. The van der Waals surface area contributed by atoms with E-state index in [2.05, 4.69) is 11.1 Å². The molecule has 0 fully saturated rings. The van der Waals surface area contributed by atoms with Crippen LogP contribution >= 0.6 is 0 Å². The van der Waals surface area contributed by atoms with Crippen LogP contribution < -0.4 is 16.7 Å². The minimum Gasteiger partial charge on any atom is -0.338 e. The van der Waals surface area contributed by atoms with Crippen molar-refractivity contribution in [3.8, 4) is 11.1 Å². The predicted octanol–water partition coefficient (Wildman–Crippen LogP) is 3.28. The first-order valence-corrected chi connectivity index (χ1v) is 8.32. The predicted molar refractivity (Wildman–Crippen MR) is 99.0 cm³/mol. The molecule has 2 aromatic heterocycles. The van der Waals surface area contributed by atoms with Gasteiger partial charge in [0.25, 0.3) is 0 Å². The maximum absolute atomic E-state index is 14.7. The number of halogens is 2. The van der Waals surface area contributed by atoms with Crippen molar-refractivity contribution >= 4 is 16.7 Å². The van der Waals surface area contributed by atoms with Gasteiger partial charge in [-0.25, -0.2) is 19.6 Å². The Morgan fingerprint density at radius 3 is 2.54 bits per heavy atom. The Balaban J connectivity index is 0.00000192. The van der Waals surface area contributed by atoms with Crippen LogP contribution in [0.5, 0.6) is 0 Å². The Kier molecular flexibility index (Phi) is 3.51. The van der Waals surface area contributed by atoms with Gasteiger partial charge in [0.15, 0.2) is 5.65 Å². The second-order valence-electron chi connectivity index (χ2n) is 6.45. The van der Waals surface area contributed by atoms with Crippen molar-refractivity contribution in [1.29, 1.82) is 0 Å². The zero-order valence-corrected chi connectivity index (χ0v) is 16.7. The summed E-state index contributed by atoms with van der Waals surface area (Å²) in [5, 5.41) is 2.27. The van der Waals surface area contributed by atoms with Crippen LogP contribution in [0.2, 0.25) is 0 Å². The standard InChI is InChI=1S/C20H14F2N5.Fm/c21-11-5-6-14(16(22)9-11)19-15-10-26(23)20-18(15)13(7-8-25-20)12-3-1-2-4-17(12)27(19)24;/h1-8,10,19H,23-24H2;/q-1;. The van der Waals surface area contributed by atoms with Gasteiger partial charge in [0.2, 0.25) is 0 Å². The quantitative estimate of drug-likeness (QED) is 0.254. The molecule has 146 valence electrons. The third kappa shape index (κ3) is 2.12. The van der Waals surface area contributed by atoms with Gasteiger partial charge in [0.1, 0.15) is 0 Å². The molecule has 8 heteroatoms. The van der Waals surface area contributed by atoms with Gasteiger partial charge >= 0.3 is 0 Å². The summed E-state index contributed by atoms with van der Waals surface area (Å²) in [7, 11) is 0. The summed E-state index contributed by atoms with van der Waals surface area (Å²) in [6.07, 6.45) is 3.36. The van der Waals surface area contributed by atoms with Crippen molar-refractivity contribution in [2.24, 2.45) is 5.84 Å². The number of anilines is 1. The number of hydrogen-bond acceptors (Lipinski definition) is 4. The monoisotopic (exact) mass is 619 g/mol. The molecule has 4 N–H and O–H groups in total. The molecule has 0 spiro atoms. The fourth-order valence-electron chi connectivity index (χ4n) is 3.84. The maximum atomic E-state index is 14.7. The molecule has 4 aromatic rings. The van der Waals surface area contributed by atoms with Crippen LogP contribution in [0.15, 0.2) is 54.9 Å². The minimum absolute atomic E-state index is 0. The Morgan fingerprint density at radius 2 is 1.75 bits per heavy atom. The number of fused-ring (bicyclic) bond motifs is 2. The number of nitrogens with zero attached hydrogens (tertiary/aromatic N) is 3. The van der Waals surface area contributed by atoms with Gasteiger partial charge in [-0.15, -0.1) is 12.1 Å². The number of hydrogen-bond donors (Lipinski definition) is 2. The average Bonchev–Trinajstić information content (AvgIpc) is 2.95. The van der Waals surface area contributed by atoms with Gasteiger partial charge in [0.05, 0.1) is 11.7 Å². The van der Waals surface area contributed by atoms with Crippen molar-refractivity contribution in [1.82, 2.24) is 9.66 Å². The molecular formula is C20H14F2FmN5-. The van der Waals surface area contributed by atoms with Gasteiger partial charge < -0.3 is 10.9 Å². The molecule has 5 rings (SSSR count). The largest absolute Gasteiger partial charge is 0.338 e. The molecular weight excluding hydrogens is 605 g/mol. The molecule has 0 amide bonds. The number of aromatic nitrogens is 2. The Hall–Kier alpha value is -4.45. The van der Waals surface area contributed by atoms with E-state index in [1.807, 2.05) is 30.3 Å². The molecule has 0 saturated heterocycles. The summed E-state index contributed by atoms with van der Waals surface area (Å²) in [6, 6.07) is 13.4. The fourth-order valence-corrected chi connectivity index (χ4v) is 3.84. The van der Waals surface area contributed by atoms with Crippen LogP contribution in [-0.2, 0) is 0 Å². The topological polar surface area (TPSA) is 73.1 Å². The van der Waals surface area contributed by atoms with Crippen molar-refractivity contribution in [3.05, 3.63) is 83.7 Å². The number of rotatable bonds is 1. The number of nitrogens with two attached hydrogens (primary N) is 2. The molecule has 1 aliphatic rings. The van der Waals surface area contributed by atoms with Crippen LogP contribution in [0.1, 0.15) is 17.2 Å². The summed E-state index contributed by atoms with van der Waals surface area (Å²) in [6.45, 7) is 0. The third-order valence-electron chi connectivity index (χ3n) is 4.97. The smallest absolute Gasteiger partial charge is 0.159 e. The number of benzene rings is 2. The molecule has 1 atom stereocenters. The molecule has 1 aliphatic heterocycles. The number of pyridine rings is 1. The molecule has 3 heterocycles. The molecule has 28 heavy (non-hydrogen) atoms. The number of para-hydroxylation sites is 1. The minimum atomic E-state index is -0.793. The summed E-state index contributed by atoms with van der Waals surface area (Å²) >= 11 is 0. The van der Waals surface area contributed by atoms with E-state index in [0.29, 0.717) is 11.2 Å². The van der Waals surface area contributed by atoms with Crippen LogP contribution in [0.3, 0.4) is 0 Å². The molecule has 0 aliphatic carbocycles. The zero-order valence-electron chi connectivity index (χ0n) is 14.3. The van der Waals surface area contributed by atoms with Crippen molar-refractivity contribution < 1.29 is 8.78 Å². The van der Waals surface area contributed by atoms with Crippen molar-refractivity contribution in [2.45, 2.75) is 6.04 Å². The van der Waals surface area contributed by atoms with Crippen LogP contribution in [0, 0.1) is 17.7 Å². The maximum Gasteiger partial charge on any atom is 0.159 e. The molecule has 2 aromatic carbocycles. The van der Waals surface area contributed by atoms with E-state index in [1.54, 1.807) is 12.4 Å². The second-order valence-corrected chi connectivity index (χ2v) is 6.45. The van der Waals surface area contributed by atoms with Gasteiger partial charge in [-0.3, -0.25) is 4.68 Å². The van der Waals surface area contributed by atoms with E-state index in [0.717, 1.165) is 22.2 Å².